The van der Waals surface area contributed by atoms with Crippen molar-refractivity contribution < 1.29 is 4.74 Å². The molecule has 0 saturated carbocycles. The standard InChI is InChI=1S/C9H12N2O2S/c12-9-7-8(14)1-2-11(9)10-3-5-13-6-4-10/h1-2,7,14H,3-6H2. The summed E-state index contributed by atoms with van der Waals surface area (Å²) in [6.45, 7) is 2.86. The van der Waals surface area contributed by atoms with Crippen molar-refractivity contribution in [2.45, 2.75) is 4.90 Å². The van der Waals surface area contributed by atoms with Gasteiger partial charge in [0.25, 0.3) is 5.56 Å². The molecular weight excluding hydrogens is 200 g/mol. The lowest BCUT2D eigenvalue weighted by molar-refractivity contribution is 0.110. The molecule has 0 aliphatic carbocycles. The molecule has 0 radical (unpaired) electrons. The summed E-state index contributed by atoms with van der Waals surface area (Å²) >= 11 is 4.11. The molecular formula is C9H12N2O2S. The van der Waals surface area contributed by atoms with Gasteiger partial charge in [-0.2, -0.15) is 0 Å². The molecule has 2 heterocycles. The minimum absolute atomic E-state index is 0.0422. The number of pyridine rings is 1. The molecule has 1 aromatic rings. The van der Waals surface area contributed by atoms with Gasteiger partial charge < -0.3 is 9.75 Å². The lowest BCUT2D eigenvalue weighted by atomic mass is 10.4. The normalized spacial score (nSPS) is 17.1. The molecule has 14 heavy (non-hydrogen) atoms. The molecule has 4 nitrogen and oxygen atoms in total. The van der Waals surface area contributed by atoms with Crippen molar-refractivity contribution in [1.82, 2.24) is 4.68 Å². The lowest BCUT2D eigenvalue weighted by Crippen LogP contribution is -2.48. The highest BCUT2D eigenvalue weighted by atomic mass is 32.1. The van der Waals surface area contributed by atoms with Gasteiger partial charge in [-0.25, -0.2) is 4.68 Å². The molecule has 0 atom stereocenters. The molecule has 0 bridgehead atoms. The number of hydrogen-bond donors (Lipinski definition) is 1. The highest BCUT2D eigenvalue weighted by Crippen LogP contribution is 2.01. The van der Waals surface area contributed by atoms with E-state index < -0.39 is 0 Å². The first-order valence-electron chi connectivity index (χ1n) is 4.52. The van der Waals surface area contributed by atoms with Crippen LogP contribution < -0.4 is 10.6 Å². The first kappa shape index (κ1) is 9.61. The van der Waals surface area contributed by atoms with Gasteiger partial charge in [-0.05, 0) is 6.07 Å². The van der Waals surface area contributed by atoms with Crippen LogP contribution in [0, 0.1) is 0 Å². The second-order valence-corrected chi connectivity index (χ2v) is 3.65. The number of nitrogens with zero attached hydrogens (tertiary/aromatic N) is 2. The van der Waals surface area contributed by atoms with Gasteiger partial charge in [-0.1, -0.05) is 0 Å². The van der Waals surface area contributed by atoms with Crippen molar-refractivity contribution in [3.8, 4) is 0 Å². The predicted molar refractivity (Wildman–Crippen MR) is 56.7 cm³/mol. The first-order chi connectivity index (χ1) is 6.77. The Morgan fingerprint density at radius 1 is 1.36 bits per heavy atom. The smallest absolute Gasteiger partial charge is 0.270 e. The molecule has 76 valence electrons. The average molecular weight is 212 g/mol. The molecule has 0 aromatic carbocycles. The third kappa shape index (κ3) is 1.93. The number of hydrogen-bond acceptors (Lipinski definition) is 4. The maximum atomic E-state index is 11.6. The summed E-state index contributed by atoms with van der Waals surface area (Å²) in [5.74, 6) is 0. The predicted octanol–water partition coefficient (Wildman–Crippen LogP) is 0.105. The highest BCUT2D eigenvalue weighted by molar-refractivity contribution is 7.80. The van der Waals surface area contributed by atoms with Crippen LogP contribution in [-0.4, -0.2) is 31.0 Å². The Kier molecular flexibility index (Phi) is 2.79. The summed E-state index contributed by atoms with van der Waals surface area (Å²) in [7, 11) is 0. The Morgan fingerprint density at radius 2 is 2.07 bits per heavy atom. The number of aromatic nitrogens is 1. The van der Waals surface area contributed by atoms with Crippen molar-refractivity contribution in [3.05, 3.63) is 28.7 Å². The van der Waals surface area contributed by atoms with Crippen LogP contribution in [0.15, 0.2) is 28.0 Å². The van der Waals surface area contributed by atoms with Crippen LogP contribution in [0.5, 0.6) is 0 Å². The molecule has 0 amide bonds. The summed E-state index contributed by atoms with van der Waals surface area (Å²) in [5, 5.41) is 1.97. The largest absolute Gasteiger partial charge is 0.378 e. The van der Waals surface area contributed by atoms with E-state index >= 15 is 0 Å². The molecule has 2 rings (SSSR count). The van der Waals surface area contributed by atoms with Gasteiger partial charge in [0.05, 0.1) is 26.3 Å². The fourth-order valence-electron chi connectivity index (χ4n) is 1.46. The van der Waals surface area contributed by atoms with Crippen LogP contribution in [0.3, 0.4) is 0 Å². The van der Waals surface area contributed by atoms with Crippen molar-refractivity contribution in [2.75, 3.05) is 31.3 Å². The third-order valence-electron chi connectivity index (χ3n) is 2.18. The fourth-order valence-corrected chi connectivity index (χ4v) is 1.64. The van der Waals surface area contributed by atoms with E-state index in [1.54, 1.807) is 16.9 Å². The minimum Gasteiger partial charge on any atom is -0.378 e. The van der Waals surface area contributed by atoms with E-state index in [0.717, 1.165) is 13.1 Å². The van der Waals surface area contributed by atoms with E-state index in [1.165, 1.54) is 6.07 Å². The highest BCUT2D eigenvalue weighted by Gasteiger charge is 2.11. The van der Waals surface area contributed by atoms with Gasteiger partial charge in [0.15, 0.2) is 0 Å². The summed E-state index contributed by atoms with van der Waals surface area (Å²) in [6, 6.07) is 3.32. The third-order valence-corrected chi connectivity index (χ3v) is 2.45. The van der Waals surface area contributed by atoms with Gasteiger partial charge in [-0.15, -0.1) is 12.6 Å². The van der Waals surface area contributed by atoms with Crippen LogP contribution in [0.2, 0.25) is 0 Å². The second-order valence-electron chi connectivity index (χ2n) is 3.13. The zero-order valence-electron chi connectivity index (χ0n) is 7.72. The molecule has 0 spiro atoms. The monoisotopic (exact) mass is 212 g/mol. The summed E-state index contributed by atoms with van der Waals surface area (Å²) in [6.07, 6.45) is 1.75. The molecule has 5 heteroatoms. The van der Waals surface area contributed by atoms with E-state index in [9.17, 15) is 4.79 Å². The Balaban J connectivity index is 2.26. The van der Waals surface area contributed by atoms with E-state index in [1.807, 2.05) is 5.01 Å². The van der Waals surface area contributed by atoms with Gasteiger partial charge in [0.2, 0.25) is 0 Å². The Hall–Kier alpha value is -0.940. The van der Waals surface area contributed by atoms with Crippen molar-refractivity contribution in [3.63, 3.8) is 0 Å². The summed E-state index contributed by atoms with van der Waals surface area (Å²) in [4.78, 5) is 12.3. The molecule has 1 aliphatic heterocycles. The van der Waals surface area contributed by atoms with Crippen molar-refractivity contribution >= 4 is 12.6 Å². The molecule has 0 N–H and O–H groups in total. The van der Waals surface area contributed by atoms with Gasteiger partial charge in [0.1, 0.15) is 0 Å². The van der Waals surface area contributed by atoms with Crippen LogP contribution in [0.25, 0.3) is 0 Å². The average Bonchev–Trinajstić information content (AvgIpc) is 2.19. The first-order valence-corrected chi connectivity index (χ1v) is 4.97. The number of morpholine rings is 1. The zero-order valence-corrected chi connectivity index (χ0v) is 8.61. The van der Waals surface area contributed by atoms with E-state index in [2.05, 4.69) is 12.6 Å². The SMILES string of the molecule is O=c1cc(S)ccn1N1CCOCC1. The zero-order chi connectivity index (χ0) is 9.97. The quantitative estimate of drug-likeness (QED) is 0.671. The minimum atomic E-state index is -0.0422. The molecule has 1 aromatic heterocycles. The maximum absolute atomic E-state index is 11.6. The van der Waals surface area contributed by atoms with Crippen LogP contribution in [-0.2, 0) is 4.74 Å². The lowest BCUT2D eigenvalue weighted by Gasteiger charge is -2.29. The van der Waals surface area contributed by atoms with Crippen molar-refractivity contribution in [2.24, 2.45) is 0 Å². The van der Waals surface area contributed by atoms with Gasteiger partial charge in [-0.3, -0.25) is 4.79 Å². The van der Waals surface area contributed by atoms with E-state index in [0.29, 0.717) is 18.1 Å². The molecule has 1 aliphatic rings. The van der Waals surface area contributed by atoms with Crippen molar-refractivity contribution in [1.29, 1.82) is 0 Å². The second kappa shape index (κ2) is 4.06. The Bertz CT molecular complexity index is 371. The number of thiol groups is 1. The van der Waals surface area contributed by atoms with Crippen LogP contribution in [0.4, 0.5) is 0 Å². The Labute approximate surface area is 87.5 Å². The van der Waals surface area contributed by atoms with E-state index in [4.69, 9.17) is 4.74 Å². The number of rotatable bonds is 1. The van der Waals surface area contributed by atoms with E-state index in [-0.39, 0.29) is 5.56 Å². The maximum Gasteiger partial charge on any atom is 0.270 e. The molecule has 1 fully saturated rings. The van der Waals surface area contributed by atoms with Gasteiger partial charge >= 0.3 is 0 Å². The van der Waals surface area contributed by atoms with Crippen LogP contribution >= 0.6 is 12.6 Å². The van der Waals surface area contributed by atoms with Gasteiger partial charge in [0, 0.05) is 17.2 Å². The van der Waals surface area contributed by atoms with Crippen LogP contribution in [0.1, 0.15) is 0 Å². The topological polar surface area (TPSA) is 34.5 Å². The summed E-state index contributed by atoms with van der Waals surface area (Å²) in [5.41, 5.74) is -0.0422. The Morgan fingerprint density at radius 3 is 2.71 bits per heavy atom. The molecule has 0 unspecified atom stereocenters. The fraction of sp³-hybridized carbons (Fsp3) is 0.444. The molecule has 1 saturated heterocycles. The summed E-state index contributed by atoms with van der Waals surface area (Å²) < 4.78 is 6.83. The number of ether oxygens (including phenoxy) is 1.